The third-order valence-corrected chi connectivity index (χ3v) is 8.45. The van der Waals surface area contributed by atoms with Gasteiger partial charge < -0.3 is 0 Å². The van der Waals surface area contributed by atoms with Gasteiger partial charge in [-0.15, -0.1) is 0 Å². The van der Waals surface area contributed by atoms with Crippen LogP contribution in [0.3, 0.4) is 0 Å². The lowest BCUT2D eigenvalue weighted by Crippen LogP contribution is -1.91. The predicted octanol–water partition coefficient (Wildman–Crippen LogP) is 11.3. The van der Waals surface area contributed by atoms with Crippen molar-refractivity contribution < 1.29 is 0 Å². The smallest absolute Gasteiger partial charge is 0.0249 e. The van der Waals surface area contributed by atoms with Crippen LogP contribution >= 0.6 is 0 Å². The average molecular weight is 611 g/mol. The van der Waals surface area contributed by atoms with Gasteiger partial charge in [-0.05, 0) is 124 Å². The van der Waals surface area contributed by atoms with E-state index in [2.05, 4.69) is 145 Å². The summed E-state index contributed by atoms with van der Waals surface area (Å²) in [6, 6.07) is 64.0. The summed E-state index contributed by atoms with van der Waals surface area (Å²) in [5, 5.41) is 0. The zero-order valence-electron chi connectivity index (χ0n) is 26.7. The fraction of sp³-hybridized carbons (Fsp3) is 0.0417. The van der Waals surface area contributed by atoms with E-state index in [0.29, 0.717) is 0 Å². The van der Waals surface area contributed by atoms with E-state index in [0.717, 1.165) is 46.2 Å². The first-order chi connectivity index (χ1) is 23.7. The average Bonchev–Trinajstić information content (AvgIpc) is 3.17. The maximum Gasteiger partial charge on any atom is 0.0249 e. The zero-order valence-corrected chi connectivity index (χ0v) is 26.7. The highest BCUT2D eigenvalue weighted by Crippen LogP contribution is 2.33. The van der Waals surface area contributed by atoms with Crippen LogP contribution in [-0.4, -0.2) is 0 Å². The minimum absolute atomic E-state index is 0.997. The van der Waals surface area contributed by atoms with Crippen LogP contribution in [-0.2, 0) is 12.8 Å². The molecule has 0 heteroatoms. The van der Waals surface area contributed by atoms with Crippen LogP contribution in [0, 0.1) is 23.7 Å². The Morgan fingerprint density at radius 1 is 0.250 bits per heavy atom. The second-order valence-electron chi connectivity index (χ2n) is 11.9. The summed E-state index contributed by atoms with van der Waals surface area (Å²) >= 11 is 0. The Morgan fingerprint density at radius 2 is 0.542 bits per heavy atom. The molecule has 0 aromatic heterocycles. The standard InChI is InChI=1S/C48H34/c1-4-10-37(11-5-1)16-19-40-22-28-43(29-23-40)46-34-47(44-30-24-41(25-31-44)20-17-38-12-6-2-7-13-38)36-48(35-46)45-32-26-42(27-33-45)21-18-39-14-8-3-9-15-39/h1-15,22-36H,16,19H2. The summed E-state index contributed by atoms with van der Waals surface area (Å²) in [4.78, 5) is 0. The predicted molar refractivity (Wildman–Crippen MR) is 201 cm³/mol. The fourth-order valence-corrected chi connectivity index (χ4v) is 5.75. The second kappa shape index (κ2) is 14.8. The minimum Gasteiger partial charge on any atom is -0.0622 e. The molecular formula is C48H34. The van der Waals surface area contributed by atoms with Crippen molar-refractivity contribution in [1.82, 2.24) is 0 Å². The molecule has 0 fully saturated rings. The maximum atomic E-state index is 3.30. The maximum absolute atomic E-state index is 3.30. The van der Waals surface area contributed by atoms with Gasteiger partial charge in [-0.25, -0.2) is 0 Å². The molecule has 48 heavy (non-hydrogen) atoms. The van der Waals surface area contributed by atoms with Gasteiger partial charge in [0, 0.05) is 22.3 Å². The SMILES string of the molecule is C(#Cc1ccc(-c2cc(-c3ccc(C#Cc4ccccc4)cc3)cc(-c3ccc(CCc4ccccc4)cc3)c2)cc1)c1ccccc1. The first kappa shape index (κ1) is 30.3. The second-order valence-corrected chi connectivity index (χ2v) is 11.9. The quantitative estimate of drug-likeness (QED) is 0.164. The molecule has 0 saturated carbocycles. The van der Waals surface area contributed by atoms with Gasteiger partial charge in [0.2, 0.25) is 0 Å². The molecule has 0 N–H and O–H groups in total. The van der Waals surface area contributed by atoms with E-state index in [1.54, 1.807) is 0 Å². The molecule has 7 rings (SSSR count). The summed E-state index contributed by atoms with van der Waals surface area (Å²) in [7, 11) is 0. The van der Waals surface area contributed by atoms with Crippen molar-refractivity contribution in [2.24, 2.45) is 0 Å². The topological polar surface area (TPSA) is 0 Å². The van der Waals surface area contributed by atoms with Crippen LogP contribution in [0.25, 0.3) is 33.4 Å². The third-order valence-electron chi connectivity index (χ3n) is 8.45. The molecule has 0 radical (unpaired) electrons. The molecule has 0 heterocycles. The van der Waals surface area contributed by atoms with Crippen molar-refractivity contribution in [3.63, 3.8) is 0 Å². The lowest BCUT2D eigenvalue weighted by atomic mass is 9.92. The Labute approximate surface area is 284 Å². The summed E-state index contributed by atoms with van der Waals surface area (Å²) < 4.78 is 0. The van der Waals surface area contributed by atoms with E-state index >= 15 is 0 Å². The van der Waals surface area contributed by atoms with Gasteiger partial charge in [-0.1, -0.05) is 139 Å². The molecule has 0 saturated heterocycles. The van der Waals surface area contributed by atoms with Gasteiger partial charge in [0.15, 0.2) is 0 Å². The van der Waals surface area contributed by atoms with Crippen LogP contribution in [0.4, 0.5) is 0 Å². The van der Waals surface area contributed by atoms with Crippen LogP contribution < -0.4 is 0 Å². The largest absolute Gasteiger partial charge is 0.0622 e. The zero-order chi connectivity index (χ0) is 32.4. The third kappa shape index (κ3) is 7.89. The highest BCUT2D eigenvalue weighted by Gasteiger charge is 2.09. The molecule has 0 unspecified atom stereocenters. The normalized spacial score (nSPS) is 10.3. The van der Waals surface area contributed by atoms with E-state index in [1.165, 1.54) is 33.4 Å². The number of aryl methyl sites for hydroxylation is 2. The molecule has 0 aliphatic heterocycles. The van der Waals surface area contributed by atoms with Crippen LogP contribution in [0.5, 0.6) is 0 Å². The Hall–Kier alpha value is -6.34. The number of hydrogen-bond acceptors (Lipinski definition) is 0. The first-order valence-corrected chi connectivity index (χ1v) is 16.4. The molecule has 226 valence electrons. The Kier molecular flexibility index (Phi) is 9.37. The minimum atomic E-state index is 0.997. The summed E-state index contributed by atoms with van der Waals surface area (Å²) in [5.74, 6) is 13.1. The summed E-state index contributed by atoms with van der Waals surface area (Å²) in [6.07, 6.45) is 2.06. The van der Waals surface area contributed by atoms with Gasteiger partial charge in [0.05, 0.1) is 0 Å². The first-order valence-electron chi connectivity index (χ1n) is 16.4. The molecule has 0 amide bonds. The van der Waals surface area contributed by atoms with E-state index < -0.39 is 0 Å². The molecule has 0 aliphatic carbocycles. The van der Waals surface area contributed by atoms with Crippen molar-refractivity contribution in [2.75, 3.05) is 0 Å². The molecule has 0 bridgehead atoms. The molecule has 0 atom stereocenters. The van der Waals surface area contributed by atoms with Crippen LogP contribution in [0.15, 0.2) is 182 Å². The van der Waals surface area contributed by atoms with Crippen molar-refractivity contribution in [2.45, 2.75) is 12.8 Å². The number of hydrogen-bond donors (Lipinski definition) is 0. The molecule has 7 aromatic carbocycles. The van der Waals surface area contributed by atoms with Gasteiger partial charge in [-0.3, -0.25) is 0 Å². The van der Waals surface area contributed by atoms with Gasteiger partial charge in [0.1, 0.15) is 0 Å². The van der Waals surface area contributed by atoms with E-state index in [-0.39, 0.29) is 0 Å². The molecule has 0 spiro atoms. The Bertz CT molecular complexity index is 2100. The molecule has 0 nitrogen and oxygen atoms in total. The summed E-state index contributed by atoms with van der Waals surface area (Å²) in [6.45, 7) is 0. The van der Waals surface area contributed by atoms with Crippen LogP contribution in [0.2, 0.25) is 0 Å². The lowest BCUT2D eigenvalue weighted by molar-refractivity contribution is 0.960. The molecule has 7 aromatic rings. The highest BCUT2D eigenvalue weighted by atomic mass is 14.1. The van der Waals surface area contributed by atoms with Crippen LogP contribution in [0.1, 0.15) is 33.4 Å². The van der Waals surface area contributed by atoms with Gasteiger partial charge in [-0.2, -0.15) is 0 Å². The Balaban J connectivity index is 1.19. The van der Waals surface area contributed by atoms with Gasteiger partial charge >= 0.3 is 0 Å². The van der Waals surface area contributed by atoms with Gasteiger partial charge in [0.25, 0.3) is 0 Å². The molecular weight excluding hydrogens is 577 g/mol. The van der Waals surface area contributed by atoms with Crippen molar-refractivity contribution >= 4 is 0 Å². The Morgan fingerprint density at radius 3 is 0.917 bits per heavy atom. The van der Waals surface area contributed by atoms with E-state index in [4.69, 9.17) is 0 Å². The van der Waals surface area contributed by atoms with Crippen molar-refractivity contribution in [3.8, 4) is 57.1 Å². The lowest BCUT2D eigenvalue weighted by Gasteiger charge is -2.12. The number of rotatable bonds is 6. The summed E-state index contributed by atoms with van der Waals surface area (Å²) in [5.41, 5.74) is 13.8. The van der Waals surface area contributed by atoms with Crippen molar-refractivity contribution in [1.29, 1.82) is 0 Å². The monoisotopic (exact) mass is 610 g/mol. The highest BCUT2D eigenvalue weighted by molar-refractivity contribution is 5.81. The molecule has 0 aliphatic rings. The van der Waals surface area contributed by atoms with E-state index in [9.17, 15) is 0 Å². The fourth-order valence-electron chi connectivity index (χ4n) is 5.75. The van der Waals surface area contributed by atoms with Crippen molar-refractivity contribution in [3.05, 3.63) is 215 Å². The number of benzene rings is 7. The van der Waals surface area contributed by atoms with E-state index in [1.807, 2.05) is 60.7 Å².